The summed E-state index contributed by atoms with van der Waals surface area (Å²) in [4.78, 5) is 14.0. The van der Waals surface area contributed by atoms with Gasteiger partial charge < -0.3 is 9.88 Å². The van der Waals surface area contributed by atoms with E-state index in [2.05, 4.69) is 25.9 Å². The van der Waals surface area contributed by atoms with Crippen LogP contribution in [0.4, 0.5) is 11.5 Å². The van der Waals surface area contributed by atoms with Gasteiger partial charge in [-0.25, -0.2) is 9.97 Å². The standard InChI is InChI=1S/C14H11ClN4.ClH/c15-10-2-1-9-4-6-19(12(9)7-10)14-11-3-5-16-13(11)17-8-18-14;/h1-3,5,7-8H,4,6H2,(H,16,17,18);1H. The molecule has 1 aliphatic rings. The fraction of sp³-hybridized carbons (Fsp3) is 0.143. The zero-order valence-electron chi connectivity index (χ0n) is 10.5. The van der Waals surface area contributed by atoms with Crippen LogP contribution < -0.4 is 4.90 Å². The minimum atomic E-state index is 0. The van der Waals surface area contributed by atoms with Crippen molar-refractivity contribution in [2.75, 3.05) is 11.4 Å². The Balaban J connectivity index is 0.00000121. The SMILES string of the molecule is Cl.Clc1ccc2c(c1)N(c1ncnc3[nH]ccc13)CC2. The lowest BCUT2D eigenvalue weighted by atomic mass is 10.2. The molecule has 0 radical (unpaired) electrons. The molecule has 1 aliphatic heterocycles. The Bertz CT molecular complexity index is 769. The Kier molecular flexibility index (Phi) is 3.28. The molecule has 4 nitrogen and oxygen atoms in total. The van der Waals surface area contributed by atoms with Crippen molar-refractivity contribution in [1.82, 2.24) is 15.0 Å². The van der Waals surface area contributed by atoms with Crippen molar-refractivity contribution in [2.45, 2.75) is 6.42 Å². The van der Waals surface area contributed by atoms with Crippen LogP contribution >= 0.6 is 24.0 Å². The van der Waals surface area contributed by atoms with Gasteiger partial charge in [0.1, 0.15) is 17.8 Å². The Morgan fingerprint density at radius 1 is 1.20 bits per heavy atom. The number of aromatic amines is 1. The van der Waals surface area contributed by atoms with Crippen molar-refractivity contribution < 1.29 is 0 Å². The maximum absolute atomic E-state index is 6.11. The van der Waals surface area contributed by atoms with Crippen LogP contribution in [-0.4, -0.2) is 21.5 Å². The molecule has 0 spiro atoms. The predicted molar refractivity (Wildman–Crippen MR) is 83.3 cm³/mol. The topological polar surface area (TPSA) is 44.8 Å². The van der Waals surface area contributed by atoms with Gasteiger partial charge in [0.25, 0.3) is 0 Å². The van der Waals surface area contributed by atoms with Crippen LogP contribution in [-0.2, 0) is 6.42 Å². The number of nitrogens with zero attached hydrogens (tertiary/aromatic N) is 3. The summed E-state index contributed by atoms with van der Waals surface area (Å²) in [6.45, 7) is 0.924. The Morgan fingerprint density at radius 2 is 2.10 bits per heavy atom. The molecule has 0 saturated heterocycles. The maximum atomic E-state index is 6.11. The lowest BCUT2D eigenvalue weighted by molar-refractivity contribution is 0.974. The van der Waals surface area contributed by atoms with Gasteiger partial charge in [0, 0.05) is 23.5 Å². The molecule has 0 aliphatic carbocycles. The summed E-state index contributed by atoms with van der Waals surface area (Å²) in [6, 6.07) is 8.04. The molecule has 1 aromatic carbocycles. The number of benzene rings is 1. The molecule has 102 valence electrons. The summed E-state index contributed by atoms with van der Waals surface area (Å²) in [5.74, 6) is 0.937. The third-order valence-electron chi connectivity index (χ3n) is 3.53. The van der Waals surface area contributed by atoms with Crippen LogP contribution in [0.25, 0.3) is 11.0 Å². The zero-order valence-corrected chi connectivity index (χ0v) is 12.1. The molecule has 0 atom stereocenters. The average molecular weight is 307 g/mol. The van der Waals surface area contributed by atoms with Crippen molar-refractivity contribution in [3.63, 3.8) is 0 Å². The second-order valence-electron chi connectivity index (χ2n) is 4.61. The van der Waals surface area contributed by atoms with Crippen molar-refractivity contribution in [1.29, 1.82) is 0 Å². The van der Waals surface area contributed by atoms with Gasteiger partial charge in [-0.15, -0.1) is 12.4 Å². The first kappa shape index (κ1) is 13.2. The van der Waals surface area contributed by atoms with E-state index >= 15 is 0 Å². The largest absolute Gasteiger partial charge is 0.346 e. The number of hydrogen-bond donors (Lipinski definition) is 1. The number of H-pyrrole nitrogens is 1. The van der Waals surface area contributed by atoms with Gasteiger partial charge >= 0.3 is 0 Å². The van der Waals surface area contributed by atoms with E-state index in [0.29, 0.717) is 0 Å². The van der Waals surface area contributed by atoms with Crippen LogP contribution in [0.2, 0.25) is 5.02 Å². The van der Waals surface area contributed by atoms with Crippen molar-refractivity contribution in [3.8, 4) is 0 Å². The maximum Gasteiger partial charge on any atom is 0.145 e. The van der Waals surface area contributed by atoms with Gasteiger partial charge in [-0.05, 0) is 30.2 Å². The minimum Gasteiger partial charge on any atom is -0.346 e. The number of hydrogen-bond acceptors (Lipinski definition) is 3. The first-order valence-electron chi connectivity index (χ1n) is 6.17. The Hall–Kier alpha value is -1.78. The molecule has 0 amide bonds. The molecular weight excluding hydrogens is 295 g/mol. The van der Waals surface area contributed by atoms with Crippen LogP contribution in [0.1, 0.15) is 5.56 Å². The van der Waals surface area contributed by atoms with Gasteiger partial charge in [0.2, 0.25) is 0 Å². The van der Waals surface area contributed by atoms with E-state index in [1.54, 1.807) is 6.33 Å². The van der Waals surface area contributed by atoms with Gasteiger partial charge in [0.05, 0.1) is 5.39 Å². The summed E-state index contributed by atoms with van der Waals surface area (Å²) in [6.07, 6.45) is 4.50. The minimum absolute atomic E-state index is 0. The van der Waals surface area contributed by atoms with Gasteiger partial charge in [-0.1, -0.05) is 17.7 Å². The van der Waals surface area contributed by atoms with Crippen molar-refractivity contribution in [3.05, 3.63) is 47.4 Å². The molecular formula is C14H12Cl2N4. The molecule has 4 rings (SSSR count). The van der Waals surface area contributed by atoms with E-state index in [1.807, 2.05) is 24.4 Å². The molecule has 6 heteroatoms. The second-order valence-corrected chi connectivity index (χ2v) is 5.05. The highest BCUT2D eigenvalue weighted by atomic mass is 35.5. The van der Waals surface area contributed by atoms with Crippen LogP contribution in [0.3, 0.4) is 0 Å². The highest BCUT2D eigenvalue weighted by Crippen LogP contribution is 2.37. The summed E-state index contributed by atoms with van der Waals surface area (Å²) < 4.78 is 0. The number of anilines is 2. The van der Waals surface area contributed by atoms with Crippen molar-refractivity contribution in [2.24, 2.45) is 0 Å². The molecule has 3 aromatic rings. The third-order valence-corrected chi connectivity index (χ3v) is 3.77. The Morgan fingerprint density at radius 3 is 3.00 bits per heavy atom. The number of fused-ring (bicyclic) bond motifs is 2. The number of halogens is 2. The van der Waals surface area contributed by atoms with E-state index in [1.165, 1.54) is 5.56 Å². The Labute approximate surface area is 127 Å². The first-order valence-corrected chi connectivity index (χ1v) is 6.55. The average Bonchev–Trinajstić information content (AvgIpc) is 3.03. The quantitative estimate of drug-likeness (QED) is 0.745. The highest BCUT2D eigenvalue weighted by molar-refractivity contribution is 6.31. The smallest absolute Gasteiger partial charge is 0.145 e. The monoisotopic (exact) mass is 306 g/mol. The van der Waals surface area contributed by atoms with Gasteiger partial charge in [0.15, 0.2) is 0 Å². The molecule has 2 aromatic heterocycles. The lowest BCUT2D eigenvalue weighted by Crippen LogP contribution is -2.15. The summed E-state index contributed by atoms with van der Waals surface area (Å²) in [5.41, 5.74) is 3.32. The number of aromatic nitrogens is 3. The number of nitrogens with one attached hydrogen (secondary N) is 1. The summed E-state index contributed by atoms with van der Waals surface area (Å²) in [5, 5.41) is 1.79. The van der Waals surface area contributed by atoms with E-state index < -0.39 is 0 Å². The van der Waals surface area contributed by atoms with E-state index in [4.69, 9.17) is 11.6 Å². The molecule has 0 bridgehead atoms. The third kappa shape index (κ3) is 1.92. The predicted octanol–water partition coefficient (Wildman–Crippen LogP) is 3.73. The van der Waals surface area contributed by atoms with Gasteiger partial charge in [-0.3, -0.25) is 0 Å². The summed E-state index contributed by atoms with van der Waals surface area (Å²) >= 11 is 6.11. The van der Waals surface area contributed by atoms with E-state index in [9.17, 15) is 0 Å². The second kappa shape index (κ2) is 4.96. The first-order chi connectivity index (χ1) is 9.33. The molecule has 0 fully saturated rings. The zero-order chi connectivity index (χ0) is 12.8. The fourth-order valence-electron chi connectivity index (χ4n) is 2.65. The van der Waals surface area contributed by atoms with Gasteiger partial charge in [-0.2, -0.15) is 0 Å². The van der Waals surface area contributed by atoms with E-state index in [0.717, 1.165) is 40.5 Å². The fourth-order valence-corrected chi connectivity index (χ4v) is 2.81. The molecule has 0 saturated carbocycles. The van der Waals surface area contributed by atoms with E-state index in [-0.39, 0.29) is 12.4 Å². The van der Waals surface area contributed by atoms with Crippen LogP contribution in [0.15, 0.2) is 36.8 Å². The molecule has 0 unspecified atom stereocenters. The molecule has 3 heterocycles. The normalized spacial score (nSPS) is 13.3. The molecule has 1 N–H and O–H groups in total. The van der Waals surface area contributed by atoms with Crippen molar-refractivity contribution >= 4 is 46.5 Å². The molecule has 20 heavy (non-hydrogen) atoms. The number of rotatable bonds is 1. The van der Waals surface area contributed by atoms with Crippen LogP contribution in [0.5, 0.6) is 0 Å². The highest BCUT2D eigenvalue weighted by Gasteiger charge is 2.23. The summed E-state index contributed by atoms with van der Waals surface area (Å²) in [7, 11) is 0. The lowest BCUT2D eigenvalue weighted by Gasteiger charge is -2.19. The van der Waals surface area contributed by atoms with Crippen LogP contribution in [0, 0.1) is 0 Å².